The van der Waals surface area contributed by atoms with E-state index in [2.05, 4.69) is 26.5 Å². The highest BCUT2D eigenvalue weighted by atomic mass is 79.9. The van der Waals surface area contributed by atoms with E-state index >= 15 is 0 Å². The Kier molecular flexibility index (Phi) is 4.94. The van der Waals surface area contributed by atoms with Crippen LogP contribution in [0.2, 0.25) is 0 Å². The molecule has 0 unspecified atom stereocenters. The normalized spacial score (nSPS) is 10.6. The first kappa shape index (κ1) is 15.1. The predicted octanol–water partition coefficient (Wildman–Crippen LogP) is 2.93. The van der Waals surface area contributed by atoms with Crippen molar-refractivity contribution >= 4 is 28.1 Å². The molecule has 0 aliphatic rings. The maximum absolute atomic E-state index is 11.9. The van der Waals surface area contributed by atoms with E-state index in [-0.39, 0.29) is 11.3 Å². The van der Waals surface area contributed by atoms with Crippen LogP contribution in [0.1, 0.15) is 15.9 Å². The van der Waals surface area contributed by atoms with Crippen LogP contribution in [-0.4, -0.2) is 24.3 Å². The molecule has 0 saturated heterocycles. The van der Waals surface area contributed by atoms with Crippen molar-refractivity contribution in [3.63, 3.8) is 0 Å². The van der Waals surface area contributed by atoms with E-state index in [0.717, 1.165) is 5.56 Å². The third kappa shape index (κ3) is 3.82. The van der Waals surface area contributed by atoms with Crippen LogP contribution in [0.25, 0.3) is 0 Å². The fraction of sp³-hybridized carbons (Fsp3) is 0.0667. The van der Waals surface area contributed by atoms with Crippen LogP contribution in [0.4, 0.5) is 0 Å². The maximum atomic E-state index is 11.9. The Hall–Kier alpha value is -2.34. The monoisotopic (exact) mass is 348 g/mol. The van der Waals surface area contributed by atoms with E-state index in [0.29, 0.717) is 10.2 Å². The van der Waals surface area contributed by atoms with Crippen molar-refractivity contribution in [2.24, 2.45) is 5.10 Å². The highest BCUT2D eigenvalue weighted by Crippen LogP contribution is 2.21. The van der Waals surface area contributed by atoms with Gasteiger partial charge < -0.3 is 9.84 Å². The van der Waals surface area contributed by atoms with Gasteiger partial charge in [0.15, 0.2) is 0 Å². The Bertz CT molecular complexity index is 686. The number of halogens is 1. The zero-order valence-electron chi connectivity index (χ0n) is 11.2. The summed E-state index contributed by atoms with van der Waals surface area (Å²) >= 11 is 3.24. The molecule has 0 atom stereocenters. The van der Waals surface area contributed by atoms with Crippen LogP contribution in [0.5, 0.6) is 11.5 Å². The summed E-state index contributed by atoms with van der Waals surface area (Å²) in [7, 11) is 1.56. The molecule has 5 nitrogen and oxygen atoms in total. The van der Waals surface area contributed by atoms with Crippen molar-refractivity contribution in [3.8, 4) is 11.5 Å². The van der Waals surface area contributed by atoms with Gasteiger partial charge in [0.05, 0.1) is 18.9 Å². The van der Waals surface area contributed by atoms with E-state index in [1.807, 2.05) is 18.2 Å². The average Bonchev–Trinajstić information content (AvgIpc) is 2.50. The summed E-state index contributed by atoms with van der Waals surface area (Å²) in [5.41, 5.74) is 3.24. The molecule has 0 saturated carbocycles. The minimum atomic E-state index is -0.500. The van der Waals surface area contributed by atoms with Crippen LogP contribution in [0.15, 0.2) is 52.0 Å². The highest BCUT2D eigenvalue weighted by Gasteiger charge is 2.10. The summed E-state index contributed by atoms with van der Waals surface area (Å²) < 4.78 is 5.87. The van der Waals surface area contributed by atoms with Gasteiger partial charge in [0.1, 0.15) is 11.5 Å². The number of nitrogens with zero attached hydrogens (tertiary/aromatic N) is 1. The number of hydrogen-bond acceptors (Lipinski definition) is 4. The number of carbonyl (C=O) groups is 1. The zero-order valence-corrected chi connectivity index (χ0v) is 12.8. The van der Waals surface area contributed by atoms with Crippen LogP contribution in [0, 0.1) is 0 Å². The van der Waals surface area contributed by atoms with Gasteiger partial charge in [0.2, 0.25) is 0 Å². The molecule has 0 bridgehead atoms. The molecule has 0 aliphatic heterocycles. The molecule has 1 amide bonds. The number of para-hydroxylation sites is 1. The number of ether oxygens (including phenoxy) is 1. The minimum Gasteiger partial charge on any atom is -0.507 e. The molecule has 2 N–H and O–H groups in total. The van der Waals surface area contributed by atoms with E-state index < -0.39 is 5.91 Å². The van der Waals surface area contributed by atoms with Crippen molar-refractivity contribution in [2.75, 3.05) is 7.11 Å². The van der Waals surface area contributed by atoms with Gasteiger partial charge in [0.25, 0.3) is 5.91 Å². The number of phenolic OH excluding ortho intramolecular Hbond substituents is 1. The summed E-state index contributed by atoms with van der Waals surface area (Å²) in [5, 5.41) is 13.5. The highest BCUT2D eigenvalue weighted by molar-refractivity contribution is 9.10. The topological polar surface area (TPSA) is 70.9 Å². The molecule has 0 fully saturated rings. The molecule has 6 heteroatoms. The lowest BCUT2D eigenvalue weighted by molar-refractivity contribution is 0.0952. The van der Waals surface area contributed by atoms with Crippen molar-refractivity contribution in [1.82, 2.24) is 5.43 Å². The van der Waals surface area contributed by atoms with E-state index in [4.69, 9.17) is 4.74 Å². The van der Waals surface area contributed by atoms with Gasteiger partial charge in [-0.2, -0.15) is 5.10 Å². The maximum Gasteiger partial charge on any atom is 0.275 e. The SMILES string of the molecule is COc1ccccc1/C=N/NC(=O)c1cc(Br)ccc1O. The number of methoxy groups -OCH3 is 1. The van der Waals surface area contributed by atoms with Crippen molar-refractivity contribution < 1.29 is 14.6 Å². The quantitative estimate of drug-likeness (QED) is 0.659. The minimum absolute atomic E-state index is 0.108. The predicted molar refractivity (Wildman–Crippen MR) is 83.9 cm³/mol. The number of rotatable bonds is 4. The van der Waals surface area contributed by atoms with Gasteiger partial charge in [-0.1, -0.05) is 28.1 Å². The van der Waals surface area contributed by atoms with Gasteiger partial charge in [0, 0.05) is 10.0 Å². The smallest absolute Gasteiger partial charge is 0.275 e. The third-order valence-corrected chi connectivity index (χ3v) is 3.21. The Balaban J connectivity index is 2.10. The van der Waals surface area contributed by atoms with Crippen LogP contribution in [0.3, 0.4) is 0 Å². The van der Waals surface area contributed by atoms with E-state index in [1.54, 1.807) is 19.2 Å². The fourth-order valence-corrected chi connectivity index (χ4v) is 2.04. The summed E-state index contributed by atoms with van der Waals surface area (Å²) in [6.07, 6.45) is 1.48. The molecular formula is C15H13BrN2O3. The number of phenols is 1. The largest absolute Gasteiger partial charge is 0.507 e. The van der Waals surface area contributed by atoms with Gasteiger partial charge in [-0.05, 0) is 30.3 Å². The second kappa shape index (κ2) is 6.90. The lowest BCUT2D eigenvalue weighted by Gasteiger charge is -2.04. The van der Waals surface area contributed by atoms with Crippen LogP contribution >= 0.6 is 15.9 Å². The van der Waals surface area contributed by atoms with Crippen molar-refractivity contribution in [3.05, 3.63) is 58.1 Å². The number of hydrogen-bond donors (Lipinski definition) is 2. The Morgan fingerprint density at radius 3 is 2.86 bits per heavy atom. The molecule has 2 aromatic carbocycles. The lowest BCUT2D eigenvalue weighted by Crippen LogP contribution is -2.17. The fourth-order valence-electron chi connectivity index (χ4n) is 1.68. The standard InChI is InChI=1S/C15H13BrN2O3/c1-21-14-5-3-2-4-10(14)9-17-18-15(20)12-8-11(16)6-7-13(12)19/h2-9,19H,1H3,(H,18,20)/b17-9+. The number of carbonyl (C=O) groups excluding carboxylic acids is 1. The molecule has 108 valence electrons. The van der Waals surface area contributed by atoms with Gasteiger partial charge in [-0.3, -0.25) is 4.79 Å². The first-order chi connectivity index (χ1) is 10.1. The molecule has 0 spiro atoms. The summed E-state index contributed by atoms with van der Waals surface area (Å²) in [6.45, 7) is 0. The summed E-state index contributed by atoms with van der Waals surface area (Å²) in [6, 6.07) is 11.9. The molecule has 0 aliphatic carbocycles. The number of hydrazone groups is 1. The van der Waals surface area contributed by atoms with Gasteiger partial charge in [-0.15, -0.1) is 0 Å². The first-order valence-electron chi connectivity index (χ1n) is 6.06. The number of aromatic hydroxyl groups is 1. The Labute approximate surface area is 130 Å². The Morgan fingerprint density at radius 2 is 2.10 bits per heavy atom. The summed E-state index contributed by atoms with van der Waals surface area (Å²) in [5.74, 6) is 0.0453. The van der Waals surface area contributed by atoms with Gasteiger partial charge in [-0.25, -0.2) is 5.43 Å². The number of nitrogens with one attached hydrogen (secondary N) is 1. The molecule has 2 rings (SSSR count). The molecule has 21 heavy (non-hydrogen) atoms. The lowest BCUT2D eigenvalue weighted by atomic mass is 10.2. The van der Waals surface area contributed by atoms with Crippen molar-refractivity contribution in [2.45, 2.75) is 0 Å². The molecule has 0 aromatic heterocycles. The molecule has 0 radical (unpaired) electrons. The van der Waals surface area contributed by atoms with Crippen LogP contribution < -0.4 is 10.2 Å². The van der Waals surface area contributed by atoms with Crippen LogP contribution in [-0.2, 0) is 0 Å². The second-order valence-corrected chi connectivity index (χ2v) is 5.02. The van der Waals surface area contributed by atoms with Gasteiger partial charge >= 0.3 is 0 Å². The second-order valence-electron chi connectivity index (χ2n) is 4.10. The van der Waals surface area contributed by atoms with E-state index in [9.17, 15) is 9.90 Å². The average molecular weight is 349 g/mol. The molecule has 2 aromatic rings. The molecular weight excluding hydrogens is 336 g/mol. The Morgan fingerprint density at radius 1 is 1.33 bits per heavy atom. The van der Waals surface area contributed by atoms with Crippen molar-refractivity contribution in [1.29, 1.82) is 0 Å². The zero-order chi connectivity index (χ0) is 15.2. The number of benzene rings is 2. The summed E-state index contributed by atoms with van der Waals surface area (Å²) in [4.78, 5) is 11.9. The number of amides is 1. The molecule has 0 heterocycles. The first-order valence-corrected chi connectivity index (χ1v) is 6.86. The third-order valence-electron chi connectivity index (χ3n) is 2.71. The van der Waals surface area contributed by atoms with E-state index in [1.165, 1.54) is 18.3 Å².